The van der Waals surface area contributed by atoms with Gasteiger partial charge in [-0.15, -0.1) is 0 Å². The van der Waals surface area contributed by atoms with E-state index in [1.165, 1.54) is 7.11 Å². The lowest BCUT2D eigenvalue weighted by molar-refractivity contribution is -0.118. The molecule has 4 atom stereocenters. The van der Waals surface area contributed by atoms with E-state index < -0.39 is 24.0 Å². The van der Waals surface area contributed by atoms with E-state index in [4.69, 9.17) is 37.4 Å². The zero-order valence-electron chi connectivity index (χ0n) is 21.5. The van der Waals surface area contributed by atoms with Crippen LogP contribution in [0.3, 0.4) is 0 Å². The van der Waals surface area contributed by atoms with Gasteiger partial charge in [0.2, 0.25) is 0 Å². The molecule has 1 saturated carbocycles. The van der Waals surface area contributed by atoms with Crippen LogP contribution < -0.4 is 4.74 Å². The van der Waals surface area contributed by atoms with Gasteiger partial charge in [0.1, 0.15) is 17.6 Å². The number of halogens is 2. The molecule has 0 bridgehead atoms. The SMILES string of the molecule is COCOc1ccc(Cl)c(Cl)c1[C@H]1C[C@@H](CC(O)N2CC3(CCC(O)C3)C2)CN1C(=O)OC(C)(C)C. The lowest BCUT2D eigenvalue weighted by Gasteiger charge is -2.50. The van der Waals surface area contributed by atoms with Gasteiger partial charge in [0.15, 0.2) is 6.79 Å². The fourth-order valence-corrected chi connectivity index (χ4v) is 6.38. The molecule has 1 amide bonds. The van der Waals surface area contributed by atoms with Crippen LogP contribution in [0.5, 0.6) is 5.75 Å². The van der Waals surface area contributed by atoms with Gasteiger partial charge < -0.3 is 29.3 Å². The number of likely N-dealkylation sites (tertiary alicyclic amines) is 2. The van der Waals surface area contributed by atoms with E-state index in [1.807, 2.05) is 20.8 Å². The van der Waals surface area contributed by atoms with Gasteiger partial charge in [-0.05, 0) is 76.3 Å². The van der Waals surface area contributed by atoms with Gasteiger partial charge in [-0.1, -0.05) is 23.2 Å². The number of aliphatic hydroxyl groups is 2. The fraction of sp³-hybridized carbons (Fsp3) is 0.731. The van der Waals surface area contributed by atoms with Crippen molar-refractivity contribution in [3.05, 3.63) is 27.7 Å². The van der Waals surface area contributed by atoms with Crippen molar-refractivity contribution in [2.75, 3.05) is 33.5 Å². The van der Waals surface area contributed by atoms with Gasteiger partial charge in [0.05, 0.1) is 22.2 Å². The molecule has 2 saturated heterocycles. The Morgan fingerprint density at radius 3 is 2.61 bits per heavy atom. The predicted molar refractivity (Wildman–Crippen MR) is 137 cm³/mol. The maximum Gasteiger partial charge on any atom is 0.410 e. The third-order valence-corrected chi connectivity index (χ3v) is 8.31. The first-order chi connectivity index (χ1) is 16.9. The van der Waals surface area contributed by atoms with Crippen LogP contribution in [-0.2, 0) is 9.47 Å². The predicted octanol–water partition coefficient (Wildman–Crippen LogP) is 4.83. The number of ether oxygens (including phenoxy) is 3. The third kappa shape index (κ3) is 6.05. The molecule has 1 spiro atoms. The zero-order valence-corrected chi connectivity index (χ0v) is 23.0. The largest absolute Gasteiger partial charge is 0.467 e. The van der Waals surface area contributed by atoms with Crippen molar-refractivity contribution < 1.29 is 29.2 Å². The first-order valence-corrected chi connectivity index (χ1v) is 13.4. The normalized spacial score (nSPS) is 26.8. The van der Waals surface area contributed by atoms with E-state index in [1.54, 1.807) is 17.0 Å². The minimum atomic E-state index is -0.662. The molecule has 4 rings (SSSR count). The molecule has 1 aromatic carbocycles. The Balaban J connectivity index is 1.52. The number of benzene rings is 1. The first-order valence-electron chi connectivity index (χ1n) is 12.6. The zero-order chi connectivity index (χ0) is 26.3. The van der Waals surface area contributed by atoms with Gasteiger partial charge in [-0.3, -0.25) is 4.90 Å². The second-order valence-corrected chi connectivity index (χ2v) is 12.4. The highest BCUT2D eigenvalue weighted by molar-refractivity contribution is 6.42. The summed E-state index contributed by atoms with van der Waals surface area (Å²) in [6, 6.07) is 2.96. The minimum Gasteiger partial charge on any atom is -0.467 e. The van der Waals surface area contributed by atoms with Crippen LogP contribution in [-0.4, -0.2) is 77.6 Å². The summed E-state index contributed by atoms with van der Waals surface area (Å²) in [6.45, 7) is 7.53. The molecule has 36 heavy (non-hydrogen) atoms. The molecular formula is C26H38Cl2N2O6. The van der Waals surface area contributed by atoms with Crippen LogP contribution in [0.2, 0.25) is 10.0 Å². The average molecular weight is 546 g/mol. The van der Waals surface area contributed by atoms with Crippen molar-refractivity contribution in [1.82, 2.24) is 9.80 Å². The molecule has 8 nitrogen and oxygen atoms in total. The number of aliphatic hydroxyl groups excluding tert-OH is 2. The Kier molecular flexibility index (Phi) is 8.34. The lowest BCUT2D eigenvalue weighted by atomic mass is 9.77. The van der Waals surface area contributed by atoms with Gasteiger partial charge in [-0.25, -0.2) is 4.79 Å². The van der Waals surface area contributed by atoms with E-state index in [0.29, 0.717) is 40.7 Å². The standard InChI is InChI=1S/C26H38Cl2N2O6/c1-25(2,3)36-24(33)30-12-16(10-21(32)29-13-26(14-29)8-7-17(31)11-26)9-19(30)22-20(35-15-34-4)6-5-18(27)23(22)28/h5-6,16-17,19,21,31-32H,7-15H2,1-4H3/t16-,17?,19+,21?/m0/s1. The van der Waals surface area contributed by atoms with Gasteiger partial charge in [0.25, 0.3) is 0 Å². The molecule has 3 aliphatic rings. The average Bonchev–Trinajstić information content (AvgIpc) is 3.36. The number of amides is 1. The van der Waals surface area contributed by atoms with Crippen LogP contribution in [0.15, 0.2) is 12.1 Å². The topological polar surface area (TPSA) is 91.7 Å². The summed E-state index contributed by atoms with van der Waals surface area (Å²) in [5.74, 6) is 0.518. The van der Waals surface area contributed by atoms with Crippen LogP contribution in [0.4, 0.5) is 4.79 Å². The number of rotatable bonds is 7. The highest BCUT2D eigenvalue weighted by Crippen LogP contribution is 2.49. The van der Waals surface area contributed by atoms with Crippen molar-refractivity contribution in [2.24, 2.45) is 11.3 Å². The molecule has 2 N–H and O–H groups in total. The molecule has 1 aliphatic carbocycles. The molecule has 10 heteroatoms. The quantitative estimate of drug-likeness (QED) is 0.475. The van der Waals surface area contributed by atoms with Crippen LogP contribution in [0.1, 0.15) is 64.5 Å². The van der Waals surface area contributed by atoms with Crippen LogP contribution >= 0.6 is 23.2 Å². The monoisotopic (exact) mass is 544 g/mol. The number of methoxy groups -OCH3 is 1. The summed E-state index contributed by atoms with van der Waals surface area (Å²) < 4.78 is 16.6. The Morgan fingerprint density at radius 2 is 2.00 bits per heavy atom. The fourth-order valence-electron chi connectivity index (χ4n) is 5.93. The highest BCUT2D eigenvalue weighted by Gasteiger charge is 2.50. The van der Waals surface area contributed by atoms with Crippen molar-refractivity contribution in [3.63, 3.8) is 0 Å². The third-order valence-electron chi connectivity index (χ3n) is 7.49. The second-order valence-electron chi connectivity index (χ2n) is 11.6. The molecular weight excluding hydrogens is 507 g/mol. The molecule has 0 radical (unpaired) electrons. The number of carbonyl (C=O) groups excluding carboxylic acids is 1. The Bertz CT molecular complexity index is 949. The Labute approximate surface area is 223 Å². The summed E-state index contributed by atoms with van der Waals surface area (Å²) in [4.78, 5) is 17.0. The molecule has 2 aliphatic heterocycles. The van der Waals surface area contributed by atoms with Crippen molar-refractivity contribution in [1.29, 1.82) is 0 Å². The molecule has 2 heterocycles. The minimum absolute atomic E-state index is 0.0218. The maximum atomic E-state index is 13.3. The van der Waals surface area contributed by atoms with E-state index in [0.717, 1.165) is 32.4 Å². The van der Waals surface area contributed by atoms with Gasteiger partial charge in [-0.2, -0.15) is 0 Å². The van der Waals surface area contributed by atoms with Crippen molar-refractivity contribution in [2.45, 2.75) is 76.9 Å². The lowest BCUT2D eigenvalue weighted by Crippen LogP contribution is -2.59. The van der Waals surface area contributed by atoms with Crippen molar-refractivity contribution in [3.8, 4) is 5.75 Å². The van der Waals surface area contributed by atoms with E-state index in [2.05, 4.69) is 4.90 Å². The summed E-state index contributed by atoms with van der Waals surface area (Å²) in [6.07, 6.45) is 2.47. The Morgan fingerprint density at radius 1 is 1.28 bits per heavy atom. The maximum absolute atomic E-state index is 13.3. The molecule has 2 unspecified atom stereocenters. The van der Waals surface area contributed by atoms with Crippen LogP contribution in [0, 0.1) is 11.3 Å². The smallest absolute Gasteiger partial charge is 0.410 e. The summed E-state index contributed by atoms with van der Waals surface area (Å²) in [5, 5.41) is 21.6. The number of hydrogen-bond acceptors (Lipinski definition) is 7. The highest BCUT2D eigenvalue weighted by atomic mass is 35.5. The summed E-state index contributed by atoms with van der Waals surface area (Å²) in [5.41, 5.74) is 0.0973. The first kappa shape index (κ1) is 27.7. The summed E-state index contributed by atoms with van der Waals surface area (Å²) >= 11 is 13.0. The van der Waals surface area contributed by atoms with E-state index >= 15 is 0 Å². The molecule has 3 fully saturated rings. The van der Waals surface area contributed by atoms with Gasteiger partial charge in [0, 0.05) is 32.3 Å². The molecule has 0 aromatic heterocycles. The van der Waals surface area contributed by atoms with E-state index in [-0.39, 0.29) is 24.2 Å². The number of hydrogen-bond donors (Lipinski definition) is 2. The second kappa shape index (κ2) is 10.8. The van der Waals surface area contributed by atoms with Crippen LogP contribution in [0.25, 0.3) is 0 Å². The molecule has 202 valence electrons. The Hall–Kier alpha value is -1.29. The van der Waals surface area contributed by atoms with Gasteiger partial charge >= 0.3 is 6.09 Å². The molecule has 1 aromatic rings. The van der Waals surface area contributed by atoms with Crippen molar-refractivity contribution >= 4 is 29.3 Å². The van der Waals surface area contributed by atoms with E-state index in [9.17, 15) is 15.0 Å². The number of nitrogens with zero attached hydrogens (tertiary/aromatic N) is 2. The summed E-state index contributed by atoms with van der Waals surface area (Å²) in [7, 11) is 1.53. The number of carbonyl (C=O) groups is 1.